The quantitative estimate of drug-likeness (QED) is 0.0320. The van der Waals surface area contributed by atoms with E-state index >= 15 is 0 Å². The predicted molar refractivity (Wildman–Crippen MR) is 347 cm³/mol. The summed E-state index contributed by atoms with van der Waals surface area (Å²) >= 11 is 0. The van der Waals surface area contributed by atoms with Crippen LogP contribution in [0.4, 0.5) is 0 Å². The molecular weight excluding hydrogens is 971 g/mol. The Morgan fingerprint density at radius 2 is 0.633 bits per heavy atom. The lowest BCUT2D eigenvalue weighted by atomic mass is 10.0. The number of carbonyl (C=O) groups excluding carboxylic acids is 2. The molecule has 0 spiro atoms. The molecule has 1 amide bonds. The Labute approximate surface area is 494 Å². The van der Waals surface area contributed by atoms with Crippen molar-refractivity contribution < 1.29 is 24.5 Å². The maximum atomic E-state index is 12.5. The molecule has 0 aliphatic carbocycles. The summed E-state index contributed by atoms with van der Waals surface area (Å²) in [6.07, 6.45) is 86.7. The molecule has 0 saturated carbocycles. The van der Waals surface area contributed by atoms with Crippen molar-refractivity contribution in [3.8, 4) is 0 Å². The van der Waals surface area contributed by atoms with E-state index in [0.717, 1.165) is 44.9 Å². The summed E-state index contributed by atoms with van der Waals surface area (Å²) in [4.78, 5) is 24.6. The summed E-state index contributed by atoms with van der Waals surface area (Å²) in [6, 6.07) is -0.540. The number of allylic oxidation sites excluding steroid dienone is 4. The van der Waals surface area contributed by atoms with Gasteiger partial charge in [-0.05, 0) is 57.8 Å². The SMILES string of the molecule is CCCCCCCCCCCCCCCCCCC(O)C(CO)NC(=O)CCCCCCCCCCCCCCCCCCC/C=C\C/C=C\CCCCCCCCCCCOC(=O)CCCCCCCCCCCCCCC. The van der Waals surface area contributed by atoms with Gasteiger partial charge < -0.3 is 20.3 Å². The van der Waals surface area contributed by atoms with Crippen LogP contribution in [0.5, 0.6) is 0 Å². The molecule has 0 aliphatic heterocycles. The van der Waals surface area contributed by atoms with E-state index < -0.39 is 12.1 Å². The Bertz CT molecular complexity index is 1230. The van der Waals surface area contributed by atoms with Crippen LogP contribution in [0.3, 0.4) is 0 Å². The van der Waals surface area contributed by atoms with Crippen molar-refractivity contribution in [3.63, 3.8) is 0 Å². The summed E-state index contributed by atoms with van der Waals surface area (Å²) in [5, 5.41) is 23.4. The van der Waals surface area contributed by atoms with Gasteiger partial charge >= 0.3 is 5.97 Å². The molecule has 0 aliphatic rings. The first-order valence-corrected chi connectivity index (χ1v) is 36.1. The van der Waals surface area contributed by atoms with E-state index in [1.807, 2.05) is 0 Å². The molecule has 0 heterocycles. The van der Waals surface area contributed by atoms with E-state index in [9.17, 15) is 19.8 Å². The van der Waals surface area contributed by atoms with Crippen LogP contribution in [0.15, 0.2) is 24.3 Å². The van der Waals surface area contributed by atoms with Gasteiger partial charge in [0.05, 0.1) is 25.4 Å². The maximum absolute atomic E-state index is 12.5. The summed E-state index contributed by atoms with van der Waals surface area (Å²) in [5.41, 5.74) is 0. The third-order valence-electron chi connectivity index (χ3n) is 17.0. The molecule has 0 fully saturated rings. The van der Waals surface area contributed by atoms with Crippen LogP contribution in [0.2, 0.25) is 0 Å². The second-order valence-electron chi connectivity index (χ2n) is 24.9. The molecule has 6 nitrogen and oxygen atoms in total. The van der Waals surface area contributed by atoms with Crippen molar-refractivity contribution in [2.45, 2.75) is 418 Å². The lowest BCUT2D eigenvalue weighted by molar-refractivity contribution is -0.143. The van der Waals surface area contributed by atoms with Gasteiger partial charge in [-0.25, -0.2) is 0 Å². The third-order valence-corrected chi connectivity index (χ3v) is 17.0. The molecule has 0 saturated heterocycles. The molecule has 2 unspecified atom stereocenters. The minimum absolute atomic E-state index is 0.0164. The van der Waals surface area contributed by atoms with Gasteiger partial charge in [0.1, 0.15) is 0 Å². The van der Waals surface area contributed by atoms with E-state index in [1.54, 1.807) is 0 Å². The van der Waals surface area contributed by atoms with Crippen LogP contribution < -0.4 is 5.32 Å². The highest BCUT2D eigenvalue weighted by Gasteiger charge is 2.20. The van der Waals surface area contributed by atoms with E-state index in [2.05, 4.69) is 43.5 Å². The minimum Gasteiger partial charge on any atom is -0.466 e. The molecule has 468 valence electrons. The van der Waals surface area contributed by atoms with Crippen molar-refractivity contribution in [1.82, 2.24) is 5.32 Å². The maximum Gasteiger partial charge on any atom is 0.305 e. The number of aliphatic hydroxyl groups is 2. The van der Waals surface area contributed by atoms with E-state index in [1.165, 1.54) is 327 Å². The number of esters is 1. The van der Waals surface area contributed by atoms with Gasteiger partial charge in [0.15, 0.2) is 0 Å². The number of rotatable bonds is 68. The number of aliphatic hydroxyl groups excluding tert-OH is 2. The molecule has 3 N–H and O–H groups in total. The van der Waals surface area contributed by atoms with E-state index in [-0.39, 0.29) is 18.5 Å². The van der Waals surface area contributed by atoms with Crippen LogP contribution in [0.1, 0.15) is 406 Å². The summed E-state index contributed by atoms with van der Waals surface area (Å²) in [6.45, 7) is 4.99. The highest BCUT2D eigenvalue weighted by Crippen LogP contribution is 2.19. The van der Waals surface area contributed by atoms with Gasteiger partial charge in [-0.1, -0.05) is 359 Å². The first kappa shape index (κ1) is 77.3. The smallest absolute Gasteiger partial charge is 0.305 e. The van der Waals surface area contributed by atoms with Gasteiger partial charge in [0.25, 0.3) is 0 Å². The van der Waals surface area contributed by atoms with Crippen LogP contribution >= 0.6 is 0 Å². The fraction of sp³-hybridized carbons (Fsp3) is 0.918. The fourth-order valence-electron chi connectivity index (χ4n) is 11.5. The average Bonchev–Trinajstić information content (AvgIpc) is 3.45. The number of hydrogen-bond donors (Lipinski definition) is 3. The van der Waals surface area contributed by atoms with Crippen molar-refractivity contribution in [2.24, 2.45) is 0 Å². The molecule has 0 radical (unpaired) electrons. The van der Waals surface area contributed by atoms with Gasteiger partial charge in [0, 0.05) is 12.8 Å². The second kappa shape index (κ2) is 68.8. The standard InChI is InChI=1S/C73H141NO5/c1-3-5-7-9-11-13-15-17-18-38-42-45-49-53-57-61-65-71(76)70(69-75)74-72(77)66-62-58-54-50-46-43-39-36-34-32-30-28-26-24-22-20-19-21-23-25-27-29-31-33-35-37-40-44-48-52-56-60-64-68-79-73(78)67-63-59-55-51-47-41-16-14-12-10-8-6-4-2/h23,25,29,31,70-71,75-76H,3-22,24,26-28,30,32-69H2,1-2H3,(H,74,77)/b25-23-,31-29-. The van der Waals surface area contributed by atoms with Crippen LogP contribution in [-0.4, -0.2) is 47.4 Å². The van der Waals surface area contributed by atoms with Gasteiger partial charge in [-0.15, -0.1) is 0 Å². The average molecular weight is 1110 g/mol. The zero-order chi connectivity index (χ0) is 57.1. The lowest BCUT2D eigenvalue weighted by Gasteiger charge is -2.22. The molecule has 0 rings (SSSR count). The second-order valence-corrected chi connectivity index (χ2v) is 24.9. The Kier molecular flexibility index (Phi) is 67.4. The van der Waals surface area contributed by atoms with Crippen LogP contribution in [0.25, 0.3) is 0 Å². The van der Waals surface area contributed by atoms with Crippen LogP contribution in [-0.2, 0) is 14.3 Å². The Hall–Kier alpha value is -1.66. The molecule has 6 heteroatoms. The Morgan fingerprint density at radius 1 is 0.354 bits per heavy atom. The number of unbranched alkanes of at least 4 members (excludes halogenated alkanes) is 53. The summed E-state index contributed by atoms with van der Waals surface area (Å²) < 4.78 is 5.48. The highest BCUT2D eigenvalue weighted by molar-refractivity contribution is 5.76. The first-order chi connectivity index (χ1) is 39.0. The summed E-state index contributed by atoms with van der Waals surface area (Å²) in [7, 11) is 0. The van der Waals surface area contributed by atoms with E-state index in [0.29, 0.717) is 25.9 Å². The monoisotopic (exact) mass is 1110 g/mol. The van der Waals surface area contributed by atoms with Crippen molar-refractivity contribution in [3.05, 3.63) is 24.3 Å². The summed E-state index contributed by atoms with van der Waals surface area (Å²) in [5.74, 6) is -0.0133. The first-order valence-electron chi connectivity index (χ1n) is 36.1. The molecule has 0 bridgehead atoms. The zero-order valence-corrected chi connectivity index (χ0v) is 53.6. The third kappa shape index (κ3) is 65.4. The van der Waals surface area contributed by atoms with Crippen molar-refractivity contribution in [1.29, 1.82) is 0 Å². The van der Waals surface area contributed by atoms with Gasteiger partial charge in [0.2, 0.25) is 5.91 Å². The normalized spacial score (nSPS) is 12.6. The molecular formula is C73H141NO5. The van der Waals surface area contributed by atoms with E-state index in [4.69, 9.17) is 4.74 Å². The molecule has 0 aromatic carbocycles. The number of ether oxygens (including phenoxy) is 1. The van der Waals surface area contributed by atoms with Gasteiger partial charge in [-0.3, -0.25) is 9.59 Å². The Morgan fingerprint density at radius 3 is 0.962 bits per heavy atom. The molecule has 2 atom stereocenters. The molecule has 0 aromatic heterocycles. The number of hydrogen-bond acceptors (Lipinski definition) is 5. The number of carbonyl (C=O) groups is 2. The topological polar surface area (TPSA) is 95.9 Å². The number of amides is 1. The Balaban J connectivity index is 3.37. The van der Waals surface area contributed by atoms with Crippen LogP contribution in [0, 0.1) is 0 Å². The highest BCUT2D eigenvalue weighted by atomic mass is 16.5. The van der Waals surface area contributed by atoms with Gasteiger partial charge in [-0.2, -0.15) is 0 Å². The van der Waals surface area contributed by atoms with Crippen molar-refractivity contribution >= 4 is 11.9 Å². The zero-order valence-electron chi connectivity index (χ0n) is 53.6. The lowest BCUT2D eigenvalue weighted by Crippen LogP contribution is -2.45. The fourth-order valence-corrected chi connectivity index (χ4v) is 11.5. The number of nitrogens with one attached hydrogen (secondary N) is 1. The molecule has 0 aromatic rings. The van der Waals surface area contributed by atoms with Crippen molar-refractivity contribution in [2.75, 3.05) is 13.2 Å². The largest absolute Gasteiger partial charge is 0.466 e. The predicted octanol–water partition coefficient (Wildman–Crippen LogP) is 23.3. The molecule has 79 heavy (non-hydrogen) atoms. The minimum atomic E-state index is -0.663.